The van der Waals surface area contributed by atoms with E-state index >= 15 is 0 Å². The lowest BCUT2D eigenvalue weighted by Gasteiger charge is -2.20. The van der Waals surface area contributed by atoms with Crippen LogP contribution in [0.15, 0.2) is 60.7 Å². The molecule has 1 aliphatic rings. The molecule has 0 radical (unpaired) electrons. The first-order chi connectivity index (χ1) is 16.8. The van der Waals surface area contributed by atoms with Crippen LogP contribution >= 0.6 is 0 Å². The lowest BCUT2D eigenvalue weighted by molar-refractivity contribution is 0.0136. The number of hydrogen-bond donors (Lipinski definition) is 4. The van der Waals surface area contributed by atoms with Crippen LogP contribution in [0.3, 0.4) is 0 Å². The molecule has 182 valence electrons. The molecule has 2 unspecified atom stereocenters. The molecule has 0 fully saturated rings. The lowest BCUT2D eigenvalue weighted by atomic mass is 9.94. The first-order valence-corrected chi connectivity index (χ1v) is 11.6. The molecule has 0 aromatic heterocycles. The number of aliphatic hydroxyl groups excluding tert-OH is 2. The maximum atomic E-state index is 12.3. The maximum absolute atomic E-state index is 12.3. The molecule has 2 atom stereocenters. The van der Waals surface area contributed by atoms with Crippen LogP contribution in [0.2, 0.25) is 0 Å². The summed E-state index contributed by atoms with van der Waals surface area (Å²) in [5.74, 6) is -1.07. The minimum Gasteiger partial charge on any atom is -0.478 e. The summed E-state index contributed by atoms with van der Waals surface area (Å²) in [6, 6.07) is 19.3. The van der Waals surface area contributed by atoms with E-state index in [2.05, 4.69) is 17.4 Å². The maximum Gasteiger partial charge on any atom is 0.407 e. The number of carboxylic acid groups (broad SMARTS) is 1. The molecule has 35 heavy (non-hydrogen) atoms. The summed E-state index contributed by atoms with van der Waals surface area (Å²) in [5, 5.41) is 32.9. The second kappa shape index (κ2) is 10.3. The van der Waals surface area contributed by atoms with Gasteiger partial charge in [-0.1, -0.05) is 60.7 Å². The molecule has 7 heteroatoms. The highest BCUT2D eigenvalue weighted by atomic mass is 16.5. The molecule has 0 saturated heterocycles. The highest BCUT2D eigenvalue weighted by Gasteiger charge is 2.29. The van der Waals surface area contributed by atoms with Crippen LogP contribution in [0.5, 0.6) is 0 Å². The molecule has 3 aromatic carbocycles. The van der Waals surface area contributed by atoms with Crippen molar-refractivity contribution in [1.29, 1.82) is 0 Å². The quantitative estimate of drug-likeness (QED) is 0.386. The first-order valence-electron chi connectivity index (χ1n) is 11.6. The fourth-order valence-corrected chi connectivity index (χ4v) is 4.86. The van der Waals surface area contributed by atoms with Crippen LogP contribution in [0.4, 0.5) is 4.79 Å². The van der Waals surface area contributed by atoms with E-state index in [0.29, 0.717) is 16.7 Å². The van der Waals surface area contributed by atoms with E-state index in [-0.39, 0.29) is 31.1 Å². The summed E-state index contributed by atoms with van der Waals surface area (Å²) in [4.78, 5) is 23.7. The van der Waals surface area contributed by atoms with Gasteiger partial charge in [-0.15, -0.1) is 0 Å². The molecule has 4 N–H and O–H groups in total. The Balaban J connectivity index is 1.30. The van der Waals surface area contributed by atoms with Crippen molar-refractivity contribution in [1.82, 2.24) is 5.32 Å². The van der Waals surface area contributed by atoms with Crippen molar-refractivity contribution < 1.29 is 29.6 Å². The molecule has 0 spiro atoms. The summed E-state index contributed by atoms with van der Waals surface area (Å²) >= 11 is 0. The summed E-state index contributed by atoms with van der Waals surface area (Å²) in [7, 11) is 0. The SMILES string of the molecule is Cc1cc(C(O)C(O)CCNC(=O)OCC2c3ccccc3-c3ccccc32)cc(C)c1C(=O)O. The number of carboxylic acids is 1. The number of amides is 1. The monoisotopic (exact) mass is 475 g/mol. The van der Waals surface area contributed by atoms with E-state index < -0.39 is 24.3 Å². The Morgan fingerprint density at radius 3 is 2.03 bits per heavy atom. The first kappa shape index (κ1) is 24.4. The third-order valence-electron chi connectivity index (χ3n) is 6.53. The van der Waals surface area contributed by atoms with Gasteiger partial charge < -0.3 is 25.4 Å². The van der Waals surface area contributed by atoms with Crippen LogP contribution in [0, 0.1) is 13.8 Å². The van der Waals surface area contributed by atoms with Gasteiger partial charge in [-0.25, -0.2) is 9.59 Å². The Morgan fingerprint density at radius 2 is 1.49 bits per heavy atom. The zero-order valence-corrected chi connectivity index (χ0v) is 19.7. The number of aromatic carboxylic acids is 1. The minimum atomic E-state index is -1.21. The molecule has 1 aliphatic carbocycles. The van der Waals surface area contributed by atoms with Gasteiger partial charge in [0, 0.05) is 12.5 Å². The van der Waals surface area contributed by atoms with E-state index in [1.807, 2.05) is 36.4 Å². The smallest absolute Gasteiger partial charge is 0.407 e. The number of fused-ring (bicyclic) bond motifs is 3. The summed E-state index contributed by atoms with van der Waals surface area (Å²) in [5.41, 5.74) is 6.18. The fourth-order valence-electron chi connectivity index (χ4n) is 4.86. The molecule has 0 heterocycles. The van der Waals surface area contributed by atoms with Crippen molar-refractivity contribution in [2.45, 2.75) is 38.4 Å². The Bertz CT molecular complexity index is 1190. The van der Waals surface area contributed by atoms with Gasteiger partial charge in [-0.2, -0.15) is 0 Å². The molecule has 3 aromatic rings. The third-order valence-corrected chi connectivity index (χ3v) is 6.53. The van der Waals surface area contributed by atoms with E-state index in [1.54, 1.807) is 26.0 Å². The number of hydrogen-bond acceptors (Lipinski definition) is 5. The highest BCUT2D eigenvalue weighted by molar-refractivity contribution is 5.91. The van der Waals surface area contributed by atoms with Crippen LogP contribution < -0.4 is 5.32 Å². The number of alkyl carbamates (subject to hydrolysis) is 1. The largest absolute Gasteiger partial charge is 0.478 e. The van der Waals surface area contributed by atoms with Gasteiger partial charge in [-0.3, -0.25) is 0 Å². The van der Waals surface area contributed by atoms with Gasteiger partial charge in [0.15, 0.2) is 0 Å². The minimum absolute atomic E-state index is 0.0409. The molecule has 0 aliphatic heterocycles. The van der Waals surface area contributed by atoms with Gasteiger partial charge >= 0.3 is 12.1 Å². The van der Waals surface area contributed by atoms with E-state index in [9.17, 15) is 24.9 Å². The number of aliphatic hydroxyl groups is 2. The fraction of sp³-hybridized carbons (Fsp3) is 0.286. The topological polar surface area (TPSA) is 116 Å². The zero-order valence-electron chi connectivity index (χ0n) is 19.7. The Kier molecular flexibility index (Phi) is 7.19. The van der Waals surface area contributed by atoms with Crippen molar-refractivity contribution in [3.05, 3.63) is 94.0 Å². The lowest BCUT2D eigenvalue weighted by Crippen LogP contribution is -2.30. The molecule has 0 bridgehead atoms. The van der Waals surface area contributed by atoms with Crippen LogP contribution in [0.25, 0.3) is 11.1 Å². The number of nitrogens with one attached hydrogen (secondary N) is 1. The number of carbonyl (C=O) groups excluding carboxylic acids is 1. The van der Waals surface area contributed by atoms with E-state index in [1.165, 1.54) is 0 Å². The second-order valence-electron chi connectivity index (χ2n) is 8.89. The average molecular weight is 476 g/mol. The van der Waals surface area contributed by atoms with Gasteiger partial charge in [0.1, 0.15) is 12.7 Å². The summed E-state index contributed by atoms with van der Waals surface area (Å²) < 4.78 is 5.48. The zero-order chi connectivity index (χ0) is 25.1. The Labute approximate surface area is 204 Å². The molecule has 1 amide bonds. The normalized spacial score (nSPS) is 14.1. The second-order valence-corrected chi connectivity index (χ2v) is 8.89. The van der Waals surface area contributed by atoms with E-state index in [0.717, 1.165) is 22.3 Å². The third kappa shape index (κ3) is 5.06. The van der Waals surface area contributed by atoms with E-state index in [4.69, 9.17) is 4.74 Å². The highest BCUT2D eigenvalue weighted by Crippen LogP contribution is 2.44. The van der Waals surface area contributed by atoms with Crippen molar-refractivity contribution in [2.24, 2.45) is 0 Å². The van der Waals surface area contributed by atoms with Crippen LogP contribution in [-0.4, -0.2) is 46.6 Å². The van der Waals surface area contributed by atoms with Crippen LogP contribution in [-0.2, 0) is 4.74 Å². The predicted octanol–water partition coefficient (Wildman–Crippen LogP) is 4.32. The van der Waals surface area contributed by atoms with Crippen LogP contribution in [0.1, 0.15) is 56.6 Å². The van der Waals surface area contributed by atoms with Gasteiger partial charge in [0.2, 0.25) is 0 Å². The Morgan fingerprint density at radius 1 is 0.943 bits per heavy atom. The Hall–Kier alpha value is -3.68. The van der Waals surface area contributed by atoms with Crippen molar-refractivity contribution in [3.63, 3.8) is 0 Å². The molecular weight excluding hydrogens is 446 g/mol. The van der Waals surface area contributed by atoms with Gasteiger partial charge in [-0.05, 0) is 59.2 Å². The summed E-state index contributed by atoms with van der Waals surface area (Å²) in [6.07, 6.45) is -2.84. The number of carbonyl (C=O) groups is 2. The standard InChI is InChI=1S/C28H29NO6/c1-16-13-18(14-17(2)25(16)27(32)33)26(31)24(30)11-12-29-28(34)35-15-23-21-9-5-3-7-19(21)20-8-4-6-10-22(20)23/h3-10,13-14,23-24,26,30-31H,11-12,15H2,1-2H3,(H,29,34)(H,32,33). The molecule has 7 nitrogen and oxygen atoms in total. The average Bonchev–Trinajstić information content (AvgIpc) is 3.15. The summed E-state index contributed by atoms with van der Waals surface area (Å²) in [6.45, 7) is 3.61. The van der Waals surface area contributed by atoms with Gasteiger partial charge in [0.05, 0.1) is 11.7 Å². The van der Waals surface area contributed by atoms with Crippen molar-refractivity contribution in [3.8, 4) is 11.1 Å². The molecular formula is C28H29NO6. The van der Waals surface area contributed by atoms with Crippen molar-refractivity contribution >= 4 is 12.1 Å². The predicted molar refractivity (Wildman–Crippen MR) is 132 cm³/mol. The molecule has 4 rings (SSSR count). The number of ether oxygens (including phenoxy) is 1. The van der Waals surface area contributed by atoms with Gasteiger partial charge in [0.25, 0.3) is 0 Å². The number of rotatable bonds is 8. The number of benzene rings is 3. The molecule has 0 saturated carbocycles. The number of aryl methyl sites for hydroxylation is 2. The van der Waals surface area contributed by atoms with Crippen molar-refractivity contribution in [2.75, 3.05) is 13.2 Å².